The van der Waals surface area contributed by atoms with Crippen molar-refractivity contribution < 1.29 is 9.21 Å². The van der Waals surface area contributed by atoms with E-state index in [4.69, 9.17) is 4.42 Å². The molecule has 2 aromatic heterocycles. The van der Waals surface area contributed by atoms with Crippen molar-refractivity contribution in [2.75, 3.05) is 5.32 Å². The first kappa shape index (κ1) is 19.6. The number of amides is 2. The molecule has 0 aliphatic heterocycles. The fourth-order valence-electron chi connectivity index (χ4n) is 3.12. The molecule has 1 aliphatic rings. The molecule has 2 aromatic rings. The van der Waals surface area contributed by atoms with Gasteiger partial charge in [0.15, 0.2) is 5.13 Å². The number of carbonyl (C=O) groups is 1. The van der Waals surface area contributed by atoms with Gasteiger partial charge in [-0.3, -0.25) is 5.32 Å². The number of oxazole rings is 1. The van der Waals surface area contributed by atoms with Crippen LogP contribution >= 0.6 is 11.3 Å². The van der Waals surface area contributed by atoms with E-state index >= 15 is 0 Å². The number of anilines is 1. The fourth-order valence-corrected chi connectivity index (χ4v) is 3.83. The fraction of sp³-hybridized carbons (Fsp3) is 0.550. The Morgan fingerprint density at radius 1 is 1.22 bits per heavy atom. The second kappa shape index (κ2) is 8.25. The summed E-state index contributed by atoms with van der Waals surface area (Å²) in [5, 5.41) is 6.49. The minimum absolute atomic E-state index is 0.0656. The highest BCUT2D eigenvalue weighted by molar-refractivity contribution is 7.16. The maximum Gasteiger partial charge on any atom is 0.321 e. The van der Waals surface area contributed by atoms with Gasteiger partial charge in [-0.15, -0.1) is 0 Å². The first-order valence-electron chi connectivity index (χ1n) is 9.49. The SMILES string of the molecule is CC1CCCCC1NC(=O)Nc1ncc(/C=C/c2ncc(C(C)(C)C)o2)s1. The van der Waals surface area contributed by atoms with Crippen LogP contribution in [-0.4, -0.2) is 22.0 Å². The van der Waals surface area contributed by atoms with Crippen LogP contribution in [-0.2, 0) is 5.41 Å². The van der Waals surface area contributed by atoms with E-state index in [2.05, 4.69) is 48.3 Å². The molecule has 2 unspecified atom stereocenters. The molecule has 2 amide bonds. The number of thiazole rings is 1. The van der Waals surface area contributed by atoms with E-state index in [1.54, 1.807) is 12.4 Å². The van der Waals surface area contributed by atoms with Crippen LogP contribution in [0.1, 0.15) is 69.9 Å². The zero-order valence-electron chi connectivity index (χ0n) is 16.4. The highest BCUT2D eigenvalue weighted by Gasteiger charge is 2.23. The summed E-state index contributed by atoms with van der Waals surface area (Å²) >= 11 is 1.42. The topological polar surface area (TPSA) is 80.0 Å². The summed E-state index contributed by atoms with van der Waals surface area (Å²) in [6.07, 6.45) is 11.9. The van der Waals surface area contributed by atoms with Crippen molar-refractivity contribution in [1.82, 2.24) is 15.3 Å². The molecule has 6 nitrogen and oxygen atoms in total. The van der Waals surface area contributed by atoms with Gasteiger partial charge in [0, 0.05) is 28.6 Å². The Morgan fingerprint density at radius 3 is 2.70 bits per heavy atom. The number of nitrogens with one attached hydrogen (secondary N) is 2. The van der Waals surface area contributed by atoms with Crippen LogP contribution in [0.2, 0.25) is 0 Å². The lowest BCUT2D eigenvalue weighted by molar-refractivity contribution is 0.232. The molecule has 0 bridgehead atoms. The molecule has 2 atom stereocenters. The number of urea groups is 1. The number of hydrogen-bond acceptors (Lipinski definition) is 5. The number of nitrogens with zero attached hydrogens (tertiary/aromatic N) is 2. The van der Waals surface area contributed by atoms with E-state index in [-0.39, 0.29) is 17.5 Å². The van der Waals surface area contributed by atoms with Crippen LogP contribution in [0.25, 0.3) is 12.2 Å². The minimum Gasteiger partial charge on any atom is -0.441 e. The smallest absolute Gasteiger partial charge is 0.321 e. The summed E-state index contributed by atoms with van der Waals surface area (Å²) in [5.74, 6) is 1.94. The summed E-state index contributed by atoms with van der Waals surface area (Å²) in [5.41, 5.74) is -0.0656. The molecular formula is C20H28N4O2S. The summed E-state index contributed by atoms with van der Waals surface area (Å²) < 4.78 is 5.74. The van der Waals surface area contributed by atoms with Crippen LogP contribution in [0, 0.1) is 5.92 Å². The molecule has 0 aromatic carbocycles. The molecule has 0 radical (unpaired) electrons. The van der Waals surface area contributed by atoms with Crippen LogP contribution in [0.15, 0.2) is 16.8 Å². The average molecular weight is 389 g/mol. The minimum atomic E-state index is -0.179. The third-order valence-corrected chi connectivity index (χ3v) is 5.70. The van der Waals surface area contributed by atoms with Gasteiger partial charge in [0.25, 0.3) is 0 Å². The summed E-state index contributed by atoms with van der Waals surface area (Å²) in [7, 11) is 0. The molecule has 1 fully saturated rings. The van der Waals surface area contributed by atoms with Gasteiger partial charge < -0.3 is 9.73 Å². The van der Waals surface area contributed by atoms with Crippen molar-refractivity contribution in [2.24, 2.45) is 5.92 Å². The third kappa shape index (κ3) is 5.42. The van der Waals surface area contributed by atoms with Gasteiger partial charge in [0.2, 0.25) is 5.89 Å². The van der Waals surface area contributed by atoms with Crippen LogP contribution < -0.4 is 10.6 Å². The van der Waals surface area contributed by atoms with Gasteiger partial charge in [-0.05, 0) is 24.8 Å². The second-order valence-electron chi connectivity index (χ2n) is 8.18. The quantitative estimate of drug-likeness (QED) is 0.745. The molecule has 2 N–H and O–H groups in total. The lowest BCUT2D eigenvalue weighted by atomic mass is 9.86. The Morgan fingerprint density at radius 2 is 2.00 bits per heavy atom. The standard InChI is InChI=1S/C20H28N4O2S/c1-13-7-5-6-8-15(13)23-18(25)24-19-22-11-14(27-19)9-10-17-21-12-16(26-17)20(2,3)4/h9-13,15H,5-8H2,1-4H3,(H2,22,23,24,25)/b10-9+. The van der Waals surface area contributed by atoms with Gasteiger partial charge >= 0.3 is 6.03 Å². The lowest BCUT2D eigenvalue weighted by Crippen LogP contribution is -2.43. The molecule has 27 heavy (non-hydrogen) atoms. The molecule has 146 valence electrons. The summed E-state index contributed by atoms with van der Waals surface area (Å²) in [4.78, 5) is 21.7. The van der Waals surface area contributed by atoms with Crippen molar-refractivity contribution in [3.05, 3.63) is 28.9 Å². The maximum atomic E-state index is 12.2. The first-order chi connectivity index (χ1) is 12.8. The van der Waals surface area contributed by atoms with Crippen LogP contribution in [0.4, 0.5) is 9.93 Å². The number of rotatable bonds is 4. The van der Waals surface area contributed by atoms with Gasteiger partial charge in [0.05, 0.1) is 6.20 Å². The Bertz CT molecular complexity index is 803. The van der Waals surface area contributed by atoms with Crippen molar-refractivity contribution >= 4 is 34.7 Å². The Hall–Kier alpha value is -2.15. The first-order valence-corrected chi connectivity index (χ1v) is 10.3. The molecule has 0 saturated heterocycles. The van der Waals surface area contributed by atoms with E-state index in [1.165, 1.54) is 30.6 Å². The van der Waals surface area contributed by atoms with Crippen LogP contribution in [0.3, 0.4) is 0 Å². The predicted molar refractivity (Wildman–Crippen MR) is 110 cm³/mol. The van der Waals surface area contributed by atoms with E-state index in [9.17, 15) is 4.79 Å². The van der Waals surface area contributed by atoms with E-state index in [0.29, 0.717) is 16.9 Å². The largest absolute Gasteiger partial charge is 0.441 e. The third-order valence-electron chi connectivity index (χ3n) is 4.82. The van der Waals surface area contributed by atoms with E-state index < -0.39 is 0 Å². The summed E-state index contributed by atoms with van der Waals surface area (Å²) in [6, 6.07) is 0.0706. The van der Waals surface area contributed by atoms with Crippen LogP contribution in [0.5, 0.6) is 0 Å². The Labute approximate surface area is 164 Å². The molecular weight excluding hydrogens is 360 g/mol. The van der Waals surface area contributed by atoms with Crippen molar-refractivity contribution in [3.63, 3.8) is 0 Å². The van der Waals surface area contributed by atoms with Gasteiger partial charge in [0.1, 0.15) is 5.76 Å². The molecule has 2 heterocycles. The second-order valence-corrected chi connectivity index (χ2v) is 9.24. The maximum absolute atomic E-state index is 12.2. The molecule has 1 aliphatic carbocycles. The van der Waals surface area contributed by atoms with Crippen molar-refractivity contribution in [1.29, 1.82) is 0 Å². The van der Waals surface area contributed by atoms with Crippen molar-refractivity contribution in [2.45, 2.75) is 64.8 Å². The normalized spacial score (nSPS) is 20.7. The zero-order chi connectivity index (χ0) is 19.4. The van der Waals surface area contributed by atoms with E-state index in [0.717, 1.165) is 17.1 Å². The number of hydrogen-bond donors (Lipinski definition) is 2. The monoisotopic (exact) mass is 388 g/mol. The molecule has 3 rings (SSSR count). The molecule has 0 spiro atoms. The van der Waals surface area contributed by atoms with Crippen molar-refractivity contribution in [3.8, 4) is 0 Å². The Kier molecular flexibility index (Phi) is 5.99. The number of carbonyl (C=O) groups excluding carboxylic acids is 1. The molecule has 1 saturated carbocycles. The Balaban J connectivity index is 1.55. The zero-order valence-corrected chi connectivity index (χ0v) is 17.2. The average Bonchev–Trinajstić information content (AvgIpc) is 3.24. The van der Waals surface area contributed by atoms with Gasteiger partial charge in [-0.2, -0.15) is 0 Å². The lowest BCUT2D eigenvalue weighted by Gasteiger charge is -2.29. The predicted octanol–water partition coefficient (Wildman–Crippen LogP) is 5.30. The number of aromatic nitrogens is 2. The van der Waals surface area contributed by atoms with Gasteiger partial charge in [-0.25, -0.2) is 14.8 Å². The van der Waals surface area contributed by atoms with Gasteiger partial charge in [-0.1, -0.05) is 51.9 Å². The molecule has 7 heteroatoms. The summed E-state index contributed by atoms with van der Waals surface area (Å²) in [6.45, 7) is 8.45. The highest BCUT2D eigenvalue weighted by atomic mass is 32.1. The highest BCUT2D eigenvalue weighted by Crippen LogP contribution is 2.25. The van der Waals surface area contributed by atoms with E-state index in [1.807, 2.05) is 12.2 Å².